The Hall–Kier alpha value is -2.60. The lowest BCUT2D eigenvalue weighted by Gasteiger charge is -2.03. The maximum Gasteiger partial charge on any atom is 0.205 e. The van der Waals surface area contributed by atoms with Gasteiger partial charge in [0.25, 0.3) is 0 Å². The zero-order valence-electron chi connectivity index (χ0n) is 12.0. The lowest BCUT2D eigenvalue weighted by atomic mass is 10.1. The molecule has 5 nitrogen and oxygen atoms in total. The van der Waals surface area contributed by atoms with E-state index in [1.165, 1.54) is 29.5 Å². The van der Waals surface area contributed by atoms with Crippen LogP contribution in [0.15, 0.2) is 24.3 Å². The van der Waals surface area contributed by atoms with Crippen molar-refractivity contribution < 1.29 is 15.0 Å². The number of aryl methyl sites for hydroxylation is 2. The summed E-state index contributed by atoms with van der Waals surface area (Å²) in [7, 11) is 0. The van der Waals surface area contributed by atoms with Gasteiger partial charge in [0.1, 0.15) is 9.71 Å². The molecule has 3 aromatic rings. The maximum absolute atomic E-state index is 12.6. The molecule has 0 aliphatic carbocycles. The normalized spacial score (nSPS) is 11.0. The van der Waals surface area contributed by atoms with Crippen molar-refractivity contribution >= 4 is 33.0 Å². The van der Waals surface area contributed by atoms with E-state index in [0.717, 1.165) is 21.5 Å². The molecule has 1 aromatic carbocycles. The molecule has 0 spiro atoms. The van der Waals surface area contributed by atoms with E-state index in [1.807, 2.05) is 19.9 Å². The molecule has 0 amide bonds. The Balaban J connectivity index is 2.17. The van der Waals surface area contributed by atoms with Gasteiger partial charge in [0.2, 0.25) is 5.78 Å². The minimum atomic E-state index is -0.337. The molecule has 3 rings (SSSR count). The third kappa shape index (κ3) is 2.17. The number of hydrogen-bond acceptors (Lipinski definition) is 6. The molecule has 6 heteroatoms. The van der Waals surface area contributed by atoms with Gasteiger partial charge in [0.15, 0.2) is 11.5 Å². The van der Waals surface area contributed by atoms with Crippen LogP contribution in [-0.4, -0.2) is 21.0 Å². The van der Waals surface area contributed by atoms with E-state index < -0.39 is 0 Å². The predicted octanol–water partition coefficient (Wildman–Crippen LogP) is 3.14. The smallest absolute Gasteiger partial charge is 0.205 e. The zero-order valence-corrected chi connectivity index (χ0v) is 12.9. The number of carbonyl (C=O) groups is 1. The van der Waals surface area contributed by atoms with Crippen LogP contribution in [0.1, 0.15) is 26.5 Å². The Labute approximate surface area is 130 Å². The fourth-order valence-corrected chi connectivity index (χ4v) is 3.61. The number of aromatic nitrogens is 1. The average molecular weight is 314 g/mol. The molecule has 0 radical (unpaired) electrons. The quantitative estimate of drug-likeness (QED) is 0.499. The van der Waals surface area contributed by atoms with Crippen molar-refractivity contribution in [2.45, 2.75) is 13.8 Å². The highest BCUT2D eigenvalue weighted by atomic mass is 32.1. The lowest BCUT2D eigenvalue weighted by molar-refractivity contribution is 0.104. The third-order valence-electron chi connectivity index (χ3n) is 3.47. The summed E-state index contributed by atoms with van der Waals surface area (Å²) < 4.78 is 0. The molecule has 0 aliphatic heterocycles. The fourth-order valence-electron chi connectivity index (χ4n) is 2.43. The van der Waals surface area contributed by atoms with E-state index in [4.69, 9.17) is 5.73 Å². The van der Waals surface area contributed by atoms with Gasteiger partial charge < -0.3 is 15.9 Å². The van der Waals surface area contributed by atoms with E-state index >= 15 is 0 Å². The highest BCUT2D eigenvalue weighted by Gasteiger charge is 2.20. The maximum atomic E-state index is 12.6. The second-order valence-corrected chi connectivity index (χ2v) is 6.14. The van der Waals surface area contributed by atoms with Crippen LogP contribution in [0.5, 0.6) is 11.5 Å². The van der Waals surface area contributed by atoms with Crippen LogP contribution in [0.3, 0.4) is 0 Å². The highest BCUT2D eigenvalue weighted by Crippen LogP contribution is 2.37. The van der Waals surface area contributed by atoms with E-state index in [-0.39, 0.29) is 22.8 Å². The summed E-state index contributed by atoms with van der Waals surface area (Å²) in [5.41, 5.74) is 8.65. The van der Waals surface area contributed by atoms with Crippen LogP contribution in [0.4, 0.5) is 5.69 Å². The van der Waals surface area contributed by atoms with E-state index in [1.54, 1.807) is 0 Å². The van der Waals surface area contributed by atoms with Crippen LogP contribution in [-0.2, 0) is 0 Å². The van der Waals surface area contributed by atoms with Crippen LogP contribution in [0.25, 0.3) is 10.2 Å². The topological polar surface area (TPSA) is 96.4 Å². The molecule has 0 atom stereocenters. The average Bonchev–Trinajstić information content (AvgIpc) is 2.78. The molecule has 22 heavy (non-hydrogen) atoms. The van der Waals surface area contributed by atoms with Crippen LogP contribution >= 0.6 is 11.3 Å². The molecule has 2 heterocycles. The number of phenolic OH excluding ortho intramolecular Hbond substituents is 2. The Kier molecular flexibility index (Phi) is 3.26. The second-order valence-electron chi connectivity index (χ2n) is 5.14. The Morgan fingerprint density at radius 2 is 1.91 bits per heavy atom. The predicted molar refractivity (Wildman–Crippen MR) is 86.7 cm³/mol. The standard InChI is InChI=1S/C16H14N2O3S/c1-7-5-8(2)18-16-12(7)13(17)15(22-16)14(21)9-3-4-10(19)11(20)6-9/h3-6,19-20H,17H2,1-2H3. The van der Waals surface area contributed by atoms with Gasteiger partial charge in [0.05, 0.1) is 5.69 Å². The summed E-state index contributed by atoms with van der Waals surface area (Å²) >= 11 is 1.24. The van der Waals surface area contributed by atoms with Gasteiger partial charge in [-0.1, -0.05) is 0 Å². The summed E-state index contributed by atoms with van der Waals surface area (Å²) in [4.78, 5) is 18.1. The SMILES string of the molecule is Cc1cc(C)c2c(N)c(C(=O)c3ccc(O)c(O)c3)sc2n1. The van der Waals surface area contributed by atoms with Gasteiger partial charge in [-0.15, -0.1) is 11.3 Å². The minimum absolute atomic E-state index is 0.267. The summed E-state index contributed by atoms with van der Waals surface area (Å²) in [6.07, 6.45) is 0. The Morgan fingerprint density at radius 1 is 1.18 bits per heavy atom. The minimum Gasteiger partial charge on any atom is -0.504 e. The van der Waals surface area contributed by atoms with Crippen molar-refractivity contribution in [2.24, 2.45) is 0 Å². The van der Waals surface area contributed by atoms with Crippen LogP contribution in [0.2, 0.25) is 0 Å². The van der Waals surface area contributed by atoms with Crippen LogP contribution < -0.4 is 5.73 Å². The third-order valence-corrected chi connectivity index (χ3v) is 4.57. The van der Waals surface area contributed by atoms with Crippen molar-refractivity contribution in [1.29, 1.82) is 0 Å². The number of hydrogen-bond donors (Lipinski definition) is 3. The number of ketones is 1. The van der Waals surface area contributed by atoms with Crippen molar-refractivity contribution in [2.75, 3.05) is 5.73 Å². The number of fused-ring (bicyclic) bond motifs is 1. The summed E-state index contributed by atoms with van der Waals surface area (Å²) in [6.45, 7) is 3.82. The zero-order chi connectivity index (χ0) is 16.0. The molecule has 0 saturated heterocycles. The lowest BCUT2D eigenvalue weighted by Crippen LogP contribution is -2.02. The largest absolute Gasteiger partial charge is 0.504 e. The number of nitrogens with zero attached hydrogens (tertiary/aromatic N) is 1. The number of carbonyl (C=O) groups excluding carboxylic acids is 1. The van der Waals surface area contributed by atoms with E-state index in [9.17, 15) is 15.0 Å². The van der Waals surface area contributed by atoms with Crippen molar-refractivity contribution in [3.05, 3.63) is 46.0 Å². The van der Waals surface area contributed by atoms with E-state index in [2.05, 4.69) is 4.98 Å². The van der Waals surface area contributed by atoms with E-state index in [0.29, 0.717) is 10.6 Å². The number of rotatable bonds is 2. The summed E-state index contributed by atoms with van der Waals surface area (Å²) in [5.74, 6) is -0.905. The highest BCUT2D eigenvalue weighted by molar-refractivity contribution is 7.21. The first-order valence-electron chi connectivity index (χ1n) is 6.61. The molecule has 0 unspecified atom stereocenters. The van der Waals surface area contributed by atoms with Crippen molar-refractivity contribution in [3.8, 4) is 11.5 Å². The number of phenols is 2. The van der Waals surface area contributed by atoms with Gasteiger partial charge >= 0.3 is 0 Å². The number of benzene rings is 1. The molecule has 0 aliphatic rings. The van der Waals surface area contributed by atoms with Gasteiger partial charge in [-0.05, 0) is 43.7 Å². The Bertz CT molecular complexity index is 915. The van der Waals surface area contributed by atoms with Gasteiger partial charge in [-0.2, -0.15) is 0 Å². The first-order valence-corrected chi connectivity index (χ1v) is 7.43. The molecular weight excluding hydrogens is 300 g/mol. The van der Waals surface area contributed by atoms with Crippen molar-refractivity contribution in [3.63, 3.8) is 0 Å². The van der Waals surface area contributed by atoms with Gasteiger partial charge in [-0.3, -0.25) is 4.79 Å². The summed E-state index contributed by atoms with van der Waals surface area (Å²) in [6, 6.07) is 5.88. The second kappa shape index (κ2) is 4.99. The fraction of sp³-hybridized carbons (Fsp3) is 0.125. The number of aromatic hydroxyl groups is 2. The number of anilines is 1. The Morgan fingerprint density at radius 3 is 2.59 bits per heavy atom. The van der Waals surface area contributed by atoms with Crippen LogP contribution in [0, 0.1) is 13.8 Å². The number of nitrogens with two attached hydrogens (primary N) is 1. The molecule has 112 valence electrons. The number of thiophene rings is 1. The van der Waals surface area contributed by atoms with Gasteiger partial charge in [0, 0.05) is 16.6 Å². The molecular formula is C16H14N2O3S. The molecule has 0 saturated carbocycles. The summed E-state index contributed by atoms with van der Waals surface area (Å²) in [5, 5.41) is 19.7. The molecule has 2 aromatic heterocycles. The molecule has 0 bridgehead atoms. The number of pyridine rings is 1. The van der Waals surface area contributed by atoms with Gasteiger partial charge in [-0.25, -0.2) is 4.98 Å². The first kappa shape index (κ1) is 14.3. The molecule has 0 fully saturated rings. The van der Waals surface area contributed by atoms with Crippen molar-refractivity contribution in [1.82, 2.24) is 4.98 Å². The number of nitrogen functional groups attached to an aromatic ring is 1. The molecule has 4 N–H and O–H groups in total. The monoisotopic (exact) mass is 314 g/mol. The first-order chi connectivity index (χ1) is 10.4.